The molecule has 3 aromatic rings. The summed E-state index contributed by atoms with van der Waals surface area (Å²) in [5.41, 5.74) is 0.734. The molecule has 41 heavy (non-hydrogen) atoms. The van der Waals surface area contributed by atoms with E-state index in [9.17, 15) is 14.4 Å². The second-order valence-corrected chi connectivity index (χ2v) is 8.80. The van der Waals surface area contributed by atoms with Gasteiger partial charge in [0.15, 0.2) is 18.5 Å². The first kappa shape index (κ1) is 29.4. The van der Waals surface area contributed by atoms with Crippen LogP contribution in [0, 0.1) is 0 Å². The van der Waals surface area contributed by atoms with Crippen molar-refractivity contribution >= 4 is 17.9 Å². The molecule has 1 fully saturated rings. The topological polar surface area (TPSA) is 125 Å². The molecule has 0 spiro atoms. The molecule has 0 saturated carbocycles. The van der Waals surface area contributed by atoms with E-state index in [1.165, 1.54) is 52.7 Å². The maximum absolute atomic E-state index is 13.1. The summed E-state index contributed by atoms with van der Waals surface area (Å²) >= 11 is 0. The van der Waals surface area contributed by atoms with Crippen LogP contribution in [-0.4, -0.2) is 77.6 Å². The van der Waals surface area contributed by atoms with Gasteiger partial charge in [0.1, 0.15) is 30.0 Å². The minimum Gasteiger partial charge on any atom is -0.497 e. The number of esters is 3. The van der Waals surface area contributed by atoms with Crippen molar-refractivity contribution in [2.75, 3.05) is 35.0 Å². The fourth-order valence-electron chi connectivity index (χ4n) is 4.09. The Kier molecular flexibility index (Phi) is 9.77. The highest BCUT2D eigenvalue weighted by Gasteiger charge is 2.50. The van der Waals surface area contributed by atoms with Gasteiger partial charge in [-0.2, -0.15) is 0 Å². The molecule has 1 aliphatic rings. The Balaban J connectivity index is 1.54. The zero-order valence-corrected chi connectivity index (χ0v) is 22.9. The molecule has 1 heterocycles. The Morgan fingerprint density at radius 1 is 0.585 bits per heavy atom. The third-order valence-electron chi connectivity index (χ3n) is 6.34. The second kappa shape index (κ2) is 13.6. The molecule has 0 aromatic heterocycles. The molecule has 1 saturated heterocycles. The smallest absolute Gasteiger partial charge is 0.338 e. The van der Waals surface area contributed by atoms with Gasteiger partial charge in [-0.15, -0.1) is 0 Å². The number of hydrogen-bond donors (Lipinski definition) is 0. The molecule has 0 aliphatic carbocycles. The lowest BCUT2D eigenvalue weighted by Gasteiger charge is -2.24. The third kappa shape index (κ3) is 7.13. The molecular formula is C30H30O11. The molecule has 1 aliphatic heterocycles. The summed E-state index contributed by atoms with van der Waals surface area (Å²) in [6, 6.07) is 18.9. The number of benzene rings is 3. The molecule has 216 valence electrons. The highest BCUT2D eigenvalue weighted by atomic mass is 16.7. The number of carbonyl (C=O) groups is 3. The Morgan fingerprint density at radius 3 is 1.37 bits per heavy atom. The molecule has 4 unspecified atom stereocenters. The van der Waals surface area contributed by atoms with Gasteiger partial charge >= 0.3 is 17.9 Å². The maximum Gasteiger partial charge on any atom is 0.338 e. The molecule has 3 aromatic carbocycles. The number of carbonyl (C=O) groups excluding carboxylic acids is 3. The minimum absolute atomic E-state index is 0.223. The summed E-state index contributed by atoms with van der Waals surface area (Å²) in [5, 5.41) is 0. The fourth-order valence-corrected chi connectivity index (χ4v) is 4.09. The first-order chi connectivity index (χ1) is 19.9. The summed E-state index contributed by atoms with van der Waals surface area (Å²) in [6.45, 7) is -0.318. The van der Waals surface area contributed by atoms with Gasteiger partial charge in [-0.1, -0.05) is 0 Å². The molecular weight excluding hydrogens is 536 g/mol. The van der Waals surface area contributed by atoms with E-state index in [2.05, 4.69) is 0 Å². The van der Waals surface area contributed by atoms with Crippen molar-refractivity contribution in [2.45, 2.75) is 24.6 Å². The Bertz CT molecular complexity index is 1320. The Hall–Kier alpha value is -4.61. The first-order valence-electron chi connectivity index (χ1n) is 12.6. The molecule has 0 N–H and O–H groups in total. The Labute approximate surface area is 236 Å². The largest absolute Gasteiger partial charge is 0.497 e. The SMILES string of the molecule is COc1ccc(C(=O)OCC2OC(OC)C(OC(=O)c3ccc(OC)cc3)C2OC(=O)c2ccc(OC)cc2)cc1. The lowest BCUT2D eigenvalue weighted by Crippen LogP contribution is -2.42. The average Bonchev–Trinajstić information content (AvgIpc) is 3.35. The van der Waals surface area contributed by atoms with Crippen molar-refractivity contribution in [3.8, 4) is 17.2 Å². The van der Waals surface area contributed by atoms with E-state index in [1.54, 1.807) is 48.5 Å². The molecule has 4 rings (SSSR count). The highest BCUT2D eigenvalue weighted by molar-refractivity contribution is 5.91. The summed E-state index contributed by atoms with van der Waals surface area (Å²) < 4.78 is 43.7. The van der Waals surface area contributed by atoms with Crippen LogP contribution in [0.2, 0.25) is 0 Å². The van der Waals surface area contributed by atoms with Gasteiger partial charge in [0.05, 0.1) is 38.0 Å². The predicted octanol–water partition coefficient (Wildman–Crippen LogP) is 3.69. The average molecular weight is 567 g/mol. The van der Waals surface area contributed by atoms with E-state index >= 15 is 0 Å². The van der Waals surface area contributed by atoms with Crippen LogP contribution >= 0.6 is 0 Å². The van der Waals surface area contributed by atoms with Gasteiger partial charge in [-0.25, -0.2) is 14.4 Å². The number of hydrogen-bond acceptors (Lipinski definition) is 11. The van der Waals surface area contributed by atoms with E-state index < -0.39 is 42.5 Å². The first-order valence-corrected chi connectivity index (χ1v) is 12.6. The van der Waals surface area contributed by atoms with Crippen molar-refractivity contribution in [1.29, 1.82) is 0 Å². The van der Waals surface area contributed by atoms with Crippen LogP contribution in [0.3, 0.4) is 0 Å². The molecule has 11 nitrogen and oxygen atoms in total. The molecule has 0 radical (unpaired) electrons. The molecule has 0 amide bonds. The van der Waals surface area contributed by atoms with Crippen molar-refractivity contribution < 1.29 is 52.3 Å². The van der Waals surface area contributed by atoms with Crippen LogP contribution in [0.5, 0.6) is 17.2 Å². The summed E-state index contributed by atoms with van der Waals surface area (Å²) in [5.74, 6) is -0.357. The lowest BCUT2D eigenvalue weighted by molar-refractivity contribution is -0.155. The van der Waals surface area contributed by atoms with Gasteiger partial charge in [-0.05, 0) is 72.8 Å². The summed E-state index contributed by atoms with van der Waals surface area (Å²) in [6.07, 6.45) is -4.49. The van der Waals surface area contributed by atoms with Crippen molar-refractivity contribution in [3.05, 3.63) is 89.5 Å². The van der Waals surface area contributed by atoms with Crippen LogP contribution in [0.1, 0.15) is 31.1 Å². The van der Waals surface area contributed by atoms with E-state index in [0.29, 0.717) is 17.2 Å². The van der Waals surface area contributed by atoms with Crippen molar-refractivity contribution in [3.63, 3.8) is 0 Å². The zero-order valence-electron chi connectivity index (χ0n) is 22.9. The lowest BCUT2D eigenvalue weighted by atomic mass is 10.1. The van der Waals surface area contributed by atoms with E-state index in [0.717, 1.165) is 0 Å². The van der Waals surface area contributed by atoms with Crippen molar-refractivity contribution in [2.24, 2.45) is 0 Å². The van der Waals surface area contributed by atoms with Gasteiger partial charge in [-0.3, -0.25) is 0 Å². The van der Waals surface area contributed by atoms with Gasteiger partial charge in [0.25, 0.3) is 0 Å². The summed E-state index contributed by atoms with van der Waals surface area (Å²) in [7, 11) is 5.89. The molecule has 0 bridgehead atoms. The van der Waals surface area contributed by atoms with Crippen LogP contribution in [0.15, 0.2) is 72.8 Å². The number of methoxy groups -OCH3 is 4. The van der Waals surface area contributed by atoms with Crippen molar-refractivity contribution in [1.82, 2.24) is 0 Å². The number of rotatable bonds is 11. The quantitative estimate of drug-likeness (QED) is 0.249. The van der Waals surface area contributed by atoms with Gasteiger partial charge < -0.3 is 37.9 Å². The predicted molar refractivity (Wildman–Crippen MR) is 143 cm³/mol. The Morgan fingerprint density at radius 2 is 0.976 bits per heavy atom. The molecule has 4 atom stereocenters. The van der Waals surface area contributed by atoms with Gasteiger partial charge in [0.2, 0.25) is 0 Å². The number of ether oxygens (including phenoxy) is 8. The normalized spacial score (nSPS) is 19.6. The second-order valence-electron chi connectivity index (χ2n) is 8.80. The zero-order chi connectivity index (χ0) is 29.4. The fraction of sp³-hybridized carbons (Fsp3) is 0.300. The minimum atomic E-state index is -1.18. The van der Waals surface area contributed by atoms with E-state index in [4.69, 9.17) is 37.9 Å². The van der Waals surface area contributed by atoms with Crippen LogP contribution < -0.4 is 14.2 Å². The van der Waals surface area contributed by atoms with E-state index in [1.807, 2.05) is 0 Å². The molecule has 11 heteroatoms. The van der Waals surface area contributed by atoms with E-state index in [-0.39, 0.29) is 23.3 Å². The highest BCUT2D eigenvalue weighted by Crippen LogP contribution is 2.30. The van der Waals surface area contributed by atoms with Crippen LogP contribution in [0.25, 0.3) is 0 Å². The third-order valence-corrected chi connectivity index (χ3v) is 6.34. The standard InChI is InChI=1S/C30H30O11/c1-34-21-11-5-18(6-12-21)27(31)38-17-24-25(40-28(32)19-7-13-22(35-2)14-8-19)26(30(37-4)39-24)41-29(33)20-9-15-23(36-3)16-10-20/h5-16,24-26,30H,17H2,1-4H3. The maximum atomic E-state index is 13.1. The van der Waals surface area contributed by atoms with Gasteiger partial charge in [0, 0.05) is 7.11 Å². The van der Waals surface area contributed by atoms with Crippen LogP contribution in [0.4, 0.5) is 0 Å². The summed E-state index contributed by atoms with van der Waals surface area (Å²) in [4.78, 5) is 38.8. The monoisotopic (exact) mass is 566 g/mol. The van der Waals surface area contributed by atoms with Crippen LogP contribution in [-0.2, 0) is 23.7 Å².